The van der Waals surface area contributed by atoms with Gasteiger partial charge in [0.15, 0.2) is 0 Å². The standard InChI is InChI=1S/C13H16N2O2S2/c1-10-5-6-12-11(2)15(8-7-14(10)12)19(16,17)13-4-3-9-18-13/h3-6,9,11H,7-8H2,1-2H3/t11-/m1/s1. The first-order valence-electron chi connectivity index (χ1n) is 6.23. The number of aryl methyl sites for hydroxylation is 1. The highest BCUT2D eigenvalue weighted by Crippen LogP contribution is 2.33. The van der Waals surface area contributed by atoms with Crippen molar-refractivity contribution in [3.05, 3.63) is 41.0 Å². The summed E-state index contributed by atoms with van der Waals surface area (Å²) >= 11 is 1.28. The van der Waals surface area contributed by atoms with Crippen LogP contribution in [-0.4, -0.2) is 23.8 Å². The highest BCUT2D eigenvalue weighted by Gasteiger charge is 2.34. The Morgan fingerprint density at radius 1 is 1.26 bits per heavy atom. The van der Waals surface area contributed by atoms with Crippen molar-refractivity contribution in [3.8, 4) is 0 Å². The molecule has 0 spiro atoms. The van der Waals surface area contributed by atoms with Gasteiger partial charge < -0.3 is 4.57 Å². The zero-order valence-corrected chi connectivity index (χ0v) is 12.5. The Hall–Kier alpha value is -1.11. The van der Waals surface area contributed by atoms with Crippen molar-refractivity contribution in [2.45, 2.75) is 30.6 Å². The Balaban J connectivity index is 2.01. The second kappa shape index (κ2) is 4.47. The van der Waals surface area contributed by atoms with E-state index in [2.05, 4.69) is 11.5 Å². The lowest BCUT2D eigenvalue weighted by atomic mass is 10.2. The maximum atomic E-state index is 12.6. The fourth-order valence-corrected chi connectivity index (χ4v) is 5.37. The summed E-state index contributed by atoms with van der Waals surface area (Å²) in [6.45, 7) is 5.27. The van der Waals surface area contributed by atoms with Crippen LogP contribution in [0.15, 0.2) is 33.9 Å². The van der Waals surface area contributed by atoms with Crippen LogP contribution in [0.4, 0.5) is 0 Å². The molecule has 19 heavy (non-hydrogen) atoms. The first kappa shape index (κ1) is 12.9. The molecule has 0 saturated heterocycles. The first-order valence-corrected chi connectivity index (χ1v) is 8.55. The molecule has 102 valence electrons. The highest BCUT2D eigenvalue weighted by molar-refractivity contribution is 7.91. The van der Waals surface area contributed by atoms with E-state index >= 15 is 0 Å². The zero-order valence-electron chi connectivity index (χ0n) is 10.9. The Labute approximate surface area is 117 Å². The van der Waals surface area contributed by atoms with Gasteiger partial charge in [-0.05, 0) is 37.4 Å². The van der Waals surface area contributed by atoms with Crippen LogP contribution in [0, 0.1) is 6.92 Å². The zero-order chi connectivity index (χ0) is 13.6. The molecule has 3 heterocycles. The third-order valence-corrected chi connectivity index (χ3v) is 7.04. The van der Waals surface area contributed by atoms with E-state index in [0.717, 1.165) is 12.2 Å². The van der Waals surface area contributed by atoms with Crippen molar-refractivity contribution >= 4 is 21.4 Å². The molecular formula is C13H16N2O2S2. The van der Waals surface area contributed by atoms with E-state index < -0.39 is 10.0 Å². The summed E-state index contributed by atoms with van der Waals surface area (Å²) in [5.74, 6) is 0. The minimum Gasteiger partial charge on any atom is -0.346 e. The topological polar surface area (TPSA) is 42.3 Å². The van der Waals surface area contributed by atoms with Crippen LogP contribution in [0.25, 0.3) is 0 Å². The number of fused-ring (bicyclic) bond motifs is 1. The molecule has 6 heteroatoms. The lowest BCUT2D eigenvalue weighted by Gasteiger charge is -2.34. The minimum atomic E-state index is -3.36. The van der Waals surface area contributed by atoms with Gasteiger partial charge in [-0.1, -0.05) is 6.07 Å². The van der Waals surface area contributed by atoms with Crippen LogP contribution in [0.2, 0.25) is 0 Å². The first-order chi connectivity index (χ1) is 9.01. The van der Waals surface area contributed by atoms with Crippen molar-refractivity contribution in [2.24, 2.45) is 0 Å². The van der Waals surface area contributed by atoms with Crippen LogP contribution in [0.3, 0.4) is 0 Å². The van der Waals surface area contributed by atoms with E-state index in [-0.39, 0.29) is 6.04 Å². The van der Waals surface area contributed by atoms with Crippen LogP contribution in [0.1, 0.15) is 24.4 Å². The highest BCUT2D eigenvalue weighted by atomic mass is 32.2. The molecule has 0 unspecified atom stereocenters. The average molecular weight is 296 g/mol. The smallest absolute Gasteiger partial charge is 0.253 e. The van der Waals surface area contributed by atoms with Gasteiger partial charge in [-0.2, -0.15) is 4.31 Å². The molecule has 0 fully saturated rings. The van der Waals surface area contributed by atoms with Gasteiger partial charge in [0.2, 0.25) is 0 Å². The van der Waals surface area contributed by atoms with Crippen LogP contribution in [-0.2, 0) is 16.6 Å². The summed E-state index contributed by atoms with van der Waals surface area (Å²) in [6.07, 6.45) is 0. The van der Waals surface area contributed by atoms with E-state index in [0.29, 0.717) is 10.8 Å². The molecule has 2 aromatic rings. The van der Waals surface area contributed by atoms with Gasteiger partial charge in [-0.25, -0.2) is 8.42 Å². The molecule has 2 aromatic heterocycles. The van der Waals surface area contributed by atoms with Crippen molar-refractivity contribution < 1.29 is 8.42 Å². The Morgan fingerprint density at radius 2 is 2.05 bits per heavy atom. The molecule has 0 N–H and O–H groups in total. The number of hydrogen-bond donors (Lipinski definition) is 0. The monoisotopic (exact) mass is 296 g/mol. The van der Waals surface area contributed by atoms with Gasteiger partial charge in [0.1, 0.15) is 4.21 Å². The Kier molecular flexibility index (Phi) is 3.03. The predicted molar refractivity (Wildman–Crippen MR) is 75.8 cm³/mol. The third kappa shape index (κ3) is 1.94. The van der Waals surface area contributed by atoms with Gasteiger partial charge in [-0.3, -0.25) is 0 Å². The number of aromatic nitrogens is 1. The molecule has 0 amide bonds. The molecule has 1 aliphatic rings. The molecular weight excluding hydrogens is 280 g/mol. The van der Waals surface area contributed by atoms with Gasteiger partial charge in [0, 0.05) is 24.5 Å². The maximum absolute atomic E-state index is 12.6. The van der Waals surface area contributed by atoms with E-state index in [9.17, 15) is 8.42 Å². The van der Waals surface area contributed by atoms with Crippen molar-refractivity contribution in [3.63, 3.8) is 0 Å². The fraction of sp³-hybridized carbons (Fsp3) is 0.385. The normalized spacial score (nSPS) is 20.4. The molecule has 0 saturated carbocycles. The number of rotatable bonds is 2. The summed E-state index contributed by atoms with van der Waals surface area (Å²) in [6, 6.07) is 7.41. The van der Waals surface area contributed by atoms with Crippen molar-refractivity contribution in [2.75, 3.05) is 6.54 Å². The van der Waals surface area contributed by atoms with Crippen LogP contribution >= 0.6 is 11.3 Å². The van der Waals surface area contributed by atoms with E-state index in [1.807, 2.05) is 19.1 Å². The van der Waals surface area contributed by atoms with Gasteiger partial charge >= 0.3 is 0 Å². The summed E-state index contributed by atoms with van der Waals surface area (Å²) in [5.41, 5.74) is 2.26. The number of thiophene rings is 1. The predicted octanol–water partition coefficient (Wildman–Crippen LogP) is 2.62. The third-order valence-electron chi connectivity index (χ3n) is 3.69. The summed E-state index contributed by atoms with van der Waals surface area (Å²) in [7, 11) is -3.36. The van der Waals surface area contributed by atoms with Gasteiger partial charge in [0.05, 0.1) is 6.04 Å². The van der Waals surface area contributed by atoms with E-state index in [1.54, 1.807) is 21.8 Å². The summed E-state index contributed by atoms with van der Waals surface area (Å²) < 4.78 is 29.4. The Bertz CT molecular complexity index is 686. The molecule has 0 bridgehead atoms. The largest absolute Gasteiger partial charge is 0.346 e. The minimum absolute atomic E-state index is 0.116. The molecule has 0 aliphatic carbocycles. The summed E-state index contributed by atoms with van der Waals surface area (Å²) in [5, 5.41) is 1.80. The quantitative estimate of drug-likeness (QED) is 0.855. The molecule has 4 nitrogen and oxygen atoms in total. The molecule has 3 rings (SSSR count). The summed E-state index contributed by atoms with van der Waals surface area (Å²) in [4.78, 5) is 0. The number of nitrogens with zero attached hydrogens (tertiary/aromatic N) is 2. The molecule has 0 radical (unpaired) electrons. The molecule has 1 aliphatic heterocycles. The second-order valence-corrected chi connectivity index (χ2v) is 7.84. The SMILES string of the molecule is Cc1ccc2n1CCN(S(=O)(=O)c1cccs1)[C@@H]2C. The molecule has 1 atom stereocenters. The van der Waals surface area contributed by atoms with Gasteiger partial charge in [-0.15, -0.1) is 11.3 Å². The van der Waals surface area contributed by atoms with Crippen molar-refractivity contribution in [1.82, 2.24) is 8.87 Å². The Morgan fingerprint density at radius 3 is 2.74 bits per heavy atom. The van der Waals surface area contributed by atoms with Crippen molar-refractivity contribution in [1.29, 1.82) is 0 Å². The molecule has 0 aromatic carbocycles. The average Bonchev–Trinajstić information content (AvgIpc) is 3.00. The lowest BCUT2D eigenvalue weighted by Crippen LogP contribution is -2.40. The van der Waals surface area contributed by atoms with E-state index in [4.69, 9.17) is 0 Å². The van der Waals surface area contributed by atoms with Crippen LogP contribution < -0.4 is 0 Å². The number of sulfonamides is 1. The van der Waals surface area contributed by atoms with E-state index in [1.165, 1.54) is 17.0 Å². The lowest BCUT2D eigenvalue weighted by molar-refractivity contribution is 0.281. The second-order valence-electron chi connectivity index (χ2n) is 4.78. The number of hydrogen-bond acceptors (Lipinski definition) is 3. The van der Waals surface area contributed by atoms with Crippen LogP contribution in [0.5, 0.6) is 0 Å². The maximum Gasteiger partial charge on any atom is 0.253 e. The fourth-order valence-electron chi connectivity index (χ4n) is 2.65. The van der Waals surface area contributed by atoms with Gasteiger partial charge in [0.25, 0.3) is 10.0 Å².